The smallest absolute Gasteiger partial charge is 0.306 e. The van der Waals surface area contributed by atoms with Gasteiger partial charge in [-0.25, -0.2) is 0 Å². The van der Waals surface area contributed by atoms with Crippen molar-refractivity contribution in [3.8, 4) is 0 Å². The standard InChI is InChI=1S/C72H132O6/c1-4-7-10-13-16-19-22-25-28-29-30-31-32-33-34-35-36-37-38-39-40-41-42-43-45-47-50-53-56-59-62-65-71(74)77-68-69(67-76-70(73)64-61-58-55-52-49-46-27-24-21-18-15-12-9-6-3)78-72(75)66-63-60-57-54-51-48-44-26-23-20-17-14-11-8-5-2/h15,17-18,20,24,26-27,44,69H,4-14,16,19,21-23,25,28-43,45-68H2,1-3H3/b18-15-,20-17-,27-24-,44-26-. The minimum atomic E-state index is -0.786. The molecule has 0 radical (unpaired) electrons. The molecule has 0 N–H and O–H groups in total. The SMILES string of the molecule is CCCC/C=C\C/C=C\CCCCCCCC(=O)OCC(COC(=O)CCCCCCCCCCCCCCCCCCCCCCCCCCCCCCCCC)OC(=O)CCCCCCC/C=C\C/C=C\CCCCC. The van der Waals surface area contributed by atoms with E-state index in [1.54, 1.807) is 0 Å². The Balaban J connectivity index is 4.14. The van der Waals surface area contributed by atoms with Crippen LogP contribution in [0.4, 0.5) is 0 Å². The van der Waals surface area contributed by atoms with Crippen LogP contribution in [0.5, 0.6) is 0 Å². The van der Waals surface area contributed by atoms with Gasteiger partial charge in [0.05, 0.1) is 0 Å². The molecule has 0 spiro atoms. The van der Waals surface area contributed by atoms with Crippen LogP contribution < -0.4 is 0 Å². The highest BCUT2D eigenvalue weighted by Crippen LogP contribution is 2.18. The van der Waals surface area contributed by atoms with Crippen LogP contribution in [0, 0.1) is 0 Å². The second kappa shape index (κ2) is 66.9. The minimum Gasteiger partial charge on any atom is -0.462 e. The fourth-order valence-electron chi connectivity index (χ4n) is 10.3. The summed E-state index contributed by atoms with van der Waals surface area (Å²) < 4.78 is 16.9. The lowest BCUT2D eigenvalue weighted by Gasteiger charge is -2.18. The number of carbonyl (C=O) groups is 3. The third kappa shape index (κ3) is 64.2. The number of ether oxygens (including phenoxy) is 3. The van der Waals surface area contributed by atoms with Crippen LogP contribution in [0.1, 0.15) is 374 Å². The van der Waals surface area contributed by atoms with Crippen LogP contribution in [-0.2, 0) is 28.6 Å². The van der Waals surface area contributed by atoms with Crippen LogP contribution in [0.2, 0.25) is 0 Å². The topological polar surface area (TPSA) is 78.9 Å². The fourth-order valence-corrected chi connectivity index (χ4v) is 10.3. The first-order valence-corrected chi connectivity index (χ1v) is 34.6. The average Bonchev–Trinajstić information content (AvgIpc) is 3.44. The average molecular weight is 1090 g/mol. The highest BCUT2D eigenvalue weighted by atomic mass is 16.6. The van der Waals surface area contributed by atoms with Crippen molar-refractivity contribution >= 4 is 17.9 Å². The summed E-state index contributed by atoms with van der Waals surface area (Å²) in [4.78, 5) is 38.3. The van der Waals surface area contributed by atoms with E-state index in [1.165, 1.54) is 231 Å². The maximum Gasteiger partial charge on any atom is 0.306 e. The van der Waals surface area contributed by atoms with E-state index in [2.05, 4.69) is 69.4 Å². The number of carbonyl (C=O) groups excluding carboxylic acids is 3. The molecule has 0 aromatic rings. The van der Waals surface area contributed by atoms with E-state index < -0.39 is 6.10 Å². The van der Waals surface area contributed by atoms with Crippen molar-refractivity contribution in [1.82, 2.24) is 0 Å². The predicted octanol–water partition coefficient (Wildman–Crippen LogP) is 23.7. The van der Waals surface area contributed by atoms with E-state index in [0.29, 0.717) is 19.3 Å². The van der Waals surface area contributed by atoms with E-state index in [4.69, 9.17) is 14.2 Å². The molecule has 1 atom stereocenters. The third-order valence-electron chi connectivity index (χ3n) is 15.6. The summed E-state index contributed by atoms with van der Waals surface area (Å²) in [5, 5.41) is 0. The molecule has 0 rings (SSSR count). The van der Waals surface area contributed by atoms with E-state index >= 15 is 0 Å². The van der Waals surface area contributed by atoms with Gasteiger partial charge in [-0.2, -0.15) is 0 Å². The Kier molecular flexibility index (Phi) is 64.6. The monoisotopic (exact) mass is 1090 g/mol. The minimum absolute atomic E-state index is 0.0801. The van der Waals surface area contributed by atoms with Gasteiger partial charge in [-0.3, -0.25) is 14.4 Å². The molecule has 0 saturated carbocycles. The van der Waals surface area contributed by atoms with Gasteiger partial charge < -0.3 is 14.2 Å². The zero-order valence-corrected chi connectivity index (χ0v) is 52.5. The molecule has 78 heavy (non-hydrogen) atoms. The summed E-state index contributed by atoms with van der Waals surface area (Å²) in [7, 11) is 0. The number of allylic oxidation sites excluding steroid dienone is 8. The number of esters is 3. The summed E-state index contributed by atoms with van der Waals surface area (Å²) in [5.74, 6) is -0.888. The number of unbranched alkanes of at least 4 members (excludes halogenated alkanes) is 45. The lowest BCUT2D eigenvalue weighted by atomic mass is 10.0. The summed E-state index contributed by atoms with van der Waals surface area (Å²) in [6.07, 6.45) is 84.4. The molecular formula is C72H132O6. The first kappa shape index (κ1) is 75.4. The van der Waals surface area contributed by atoms with Gasteiger partial charge in [0, 0.05) is 19.3 Å². The molecule has 0 fully saturated rings. The Morgan fingerprint density at radius 2 is 0.474 bits per heavy atom. The first-order valence-electron chi connectivity index (χ1n) is 34.6. The fraction of sp³-hybridized carbons (Fsp3) is 0.847. The Morgan fingerprint density at radius 1 is 0.256 bits per heavy atom. The molecule has 0 aliphatic rings. The molecular weight excluding hydrogens is 961 g/mol. The van der Waals surface area contributed by atoms with Crippen molar-refractivity contribution in [2.45, 2.75) is 380 Å². The molecule has 0 aliphatic carbocycles. The van der Waals surface area contributed by atoms with Crippen molar-refractivity contribution in [1.29, 1.82) is 0 Å². The van der Waals surface area contributed by atoms with Crippen LogP contribution in [0.3, 0.4) is 0 Å². The molecule has 0 aliphatic heterocycles. The maximum atomic E-state index is 12.9. The molecule has 456 valence electrons. The molecule has 0 heterocycles. The lowest BCUT2D eigenvalue weighted by Crippen LogP contribution is -2.30. The lowest BCUT2D eigenvalue weighted by molar-refractivity contribution is -0.167. The molecule has 1 unspecified atom stereocenters. The van der Waals surface area contributed by atoms with Crippen molar-refractivity contribution in [3.63, 3.8) is 0 Å². The molecule has 6 nitrogen and oxygen atoms in total. The van der Waals surface area contributed by atoms with E-state index in [1.807, 2.05) is 0 Å². The molecule has 0 aromatic carbocycles. The Labute approximate surface area is 486 Å². The van der Waals surface area contributed by atoms with Gasteiger partial charge in [-0.1, -0.05) is 326 Å². The molecule has 0 saturated heterocycles. The molecule has 0 bridgehead atoms. The van der Waals surface area contributed by atoms with Crippen LogP contribution >= 0.6 is 0 Å². The second-order valence-corrected chi connectivity index (χ2v) is 23.4. The summed E-state index contributed by atoms with van der Waals surface area (Å²) >= 11 is 0. The summed E-state index contributed by atoms with van der Waals surface area (Å²) in [5.41, 5.74) is 0. The number of rotatable bonds is 64. The van der Waals surface area contributed by atoms with E-state index in [9.17, 15) is 14.4 Å². The quantitative estimate of drug-likeness (QED) is 0.0261. The zero-order chi connectivity index (χ0) is 56.4. The van der Waals surface area contributed by atoms with E-state index in [-0.39, 0.29) is 31.1 Å². The Morgan fingerprint density at radius 3 is 0.769 bits per heavy atom. The van der Waals surface area contributed by atoms with Crippen LogP contribution in [0.25, 0.3) is 0 Å². The van der Waals surface area contributed by atoms with Crippen molar-refractivity contribution in [2.75, 3.05) is 13.2 Å². The van der Waals surface area contributed by atoms with Crippen molar-refractivity contribution in [3.05, 3.63) is 48.6 Å². The van der Waals surface area contributed by atoms with Gasteiger partial charge in [0.1, 0.15) is 13.2 Å². The third-order valence-corrected chi connectivity index (χ3v) is 15.6. The molecule has 6 heteroatoms. The normalized spacial score (nSPS) is 12.3. The summed E-state index contributed by atoms with van der Waals surface area (Å²) in [6.45, 7) is 6.61. The van der Waals surface area contributed by atoms with Crippen LogP contribution in [-0.4, -0.2) is 37.2 Å². The Bertz CT molecular complexity index is 1350. The zero-order valence-electron chi connectivity index (χ0n) is 52.5. The van der Waals surface area contributed by atoms with Gasteiger partial charge >= 0.3 is 17.9 Å². The highest BCUT2D eigenvalue weighted by molar-refractivity contribution is 5.71. The highest BCUT2D eigenvalue weighted by Gasteiger charge is 2.19. The number of hydrogen-bond donors (Lipinski definition) is 0. The predicted molar refractivity (Wildman–Crippen MR) is 339 cm³/mol. The van der Waals surface area contributed by atoms with Gasteiger partial charge in [0.25, 0.3) is 0 Å². The first-order chi connectivity index (χ1) is 38.5. The van der Waals surface area contributed by atoms with Gasteiger partial charge in [-0.15, -0.1) is 0 Å². The van der Waals surface area contributed by atoms with Gasteiger partial charge in [-0.05, 0) is 77.0 Å². The largest absolute Gasteiger partial charge is 0.462 e. The molecule has 0 aromatic heterocycles. The van der Waals surface area contributed by atoms with Gasteiger partial charge in [0.15, 0.2) is 6.10 Å². The molecule has 0 amide bonds. The van der Waals surface area contributed by atoms with Crippen LogP contribution in [0.15, 0.2) is 48.6 Å². The van der Waals surface area contributed by atoms with E-state index in [0.717, 1.165) is 103 Å². The van der Waals surface area contributed by atoms with Crippen molar-refractivity contribution < 1.29 is 28.6 Å². The Hall–Kier alpha value is -2.63. The summed E-state index contributed by atoms with van der Waals surface area (Å²) in [6, 6.07) is 0. The maximum absolute atomic E-state index is 12.9. The van der Waals surface area contributed by atoms with Gasteiger partial charge in [0.2, 0.25) is 0 Å². The van der Waals surface area contributed by atoms with Crippen molar-refractivity contribution in [2.24, 2.45) is 0 Å². The second-order valence-electron chi connectivity index (χ2n) is 23.4. The number of hydrogen-bond acceptors (Lipinski definition) is 6.